The molecule has 144 valence electrons. The highest BCUT2D eigenvalue weighted by Gasteiger charge is 2.27. The fourth-order valence-electron chi connectivity index (χ4n) is 3.28. The van der Waals surface area contributed by atoms with E-state index in [2.05, 4.69) is 20.4 Å². The molecule has 4 rings (SSSR count). The number of nitrogens with one attached hydrogen (secondary N) is 1. The zero-order valence-corrected chi connectivity index (χ0v) is 16.5. The molecule has 1 saturated heterocycles. The van der Waals surface area contributed by atoms with Crippen molar-refractivity contribution >= 4 is 40.6 Å². The number of aromatic nitrogens is 2. The van der Waals surface area contributed by atoms with Crippen molar-refractivity contribution in [3.05, 3.63) is 58.8 Å². The third kappa shape index (κ3) is 4.13. The molecule has 3 heterocycles. The van der Waals surface area contributed by atoms with Crippen LogP contribution in [0.15, 0.2) is 53.1 Å². The van der Waals surface area contributed by atoms with Crippen molar-refractivity contribution in [1.82, 2.24) is 10.2 Å². The molecule has 8 heteroatoms. The number of halogens is 2. The summed E-state index contributed by atoms with van der Waals surface area (Å²) in [6, 6.07) is 12.4. The van der Waals surface area contributed by atoms with Gasteiger partial charge >= 0.3 is 0 Å². The Morgan fingerprint density at radius 2 is 2.07 bits per heavy atom. The molecule has 1 amide bonds. The molecule has 0 radical (unpaired) electrons. The molecule has 0 bridgehead atoms. The summed E-state index contributed by atoms with van der Waals surface area (Å²) in [5.41, 5.74) is 1.20. The minimum atomic E-state index is -0.171. The lowest BCUT2D eigenvalue weighted by Crippen LogP contribution is -2.41. The number of benzene rings is 1. The lowest BCUT2D eigenvalue weighted by Gasteiger charge is -2.32. The Hall–Kier alpha value is -2.57. The molecule has 1 aromatic carbocycles. The van der Waals surface area contributed by atoms with E-state index in [1.807, 2.05) is 24.3 Å². The molecule has 1 aliphatic heterocycles. The van der Waals surface area contributed by atoms with Gasteiger partial charge in [-0.3, -0.25) is 4.79 Å². The van der Waals surface area contributed by atoms with Crippen molar-refractivity contribution in [2.45, 2.75) is 12.8 Å². The summed E-state index contributed by atoms with van der Waals surface area (Å²) >= 11 is 12.2. The van der Waals surface area contributed by atoms with Crippen LogP contribution in [0.5, 0.6) is 0 Å². The van der Waals surface area contributed by atoms with Crippen molar-refractivity contribution in [1.29, 1.82) is 0 Å². The Labute approximate surface area is 172 Å². The largest absolute Gasteiger partial charge is 0.463 e. The topological polar surface area (TPSA) is 71.3 Å². The van der Waals surface area contributed by atoms with E-state index in [0.29, 0.717) is 33.7 Å². The van der Waals surface area contributed by atoms with Crippen LogP contribution in [0.2, 0.25) is 10.0 Å². The van der Waals surface area contributed by atoms with Crippen LogP contribution in [-0.4, -0.2) is 29.2 Å². The number of amides is 1. The van der Waals surface area contributed by atoms with Crippen LogP contribution in [0.1, 0.15) is 12.8 Å². The number of furan rings is 1. The van der Waals surface area contributed by atoms with Gasteiger partial charge in [-0.15, -0.1) is 10.2 Å². The molecular formula is C20H18Cl2N4O2. The SMILES string of the molecule is O=C(Nc1cc(Cl)ccc1Cl)C1CCCN(c2ccc(-c3ccco3)nn2)C1. The van der Waals surface area contributed by atoms with Crippen LogP contribution in [-0.2, 0) is 4.79 Å². The number of carbonyl (C=O) groups excluding carboxylic acids is 1. The summed E-state index contributed by atoms with van der Waals surface area (Å²) in [4.78, 5) is 14.8. The first-order valence-electron chi connectivity index (χ1n) is 8.98. The predicted molar refractivity (Wildman–Crippen MR) is 110 cm³/mol. The summed E-state index contributed by atoms with van der Waals surface area (Å²) < 4.78 is 5.34. The molecule has 1 fully saturated rings. The molecule has 6 nitrogen and oxygen atoms in total. The molecule has 0 saturated carbocycles. The maximum absolute atomic E-state index is 12.7. The van der Waals surface area contributed by atoms with E-state index in [0.717, 1.165) is 25.2 Å². The van der Waals surface area contributed by atoms with Crippen molar-refractivity contribution < 1.29 is 9.21 Å². The highest BCUT2D eigenvalue weighted by Crippen LogP contribution is 2.28. The Morgan fingerprint density at radius 1 is 1.18 bits per heavy atom. The summed E-state index contributed by atoms with van der Waals surface area (Å²) in [7, 11) is 0. The Kier molecular flexibility index (Phi) is 5.50. The van der Waals surface area contributed by atoms with E-state index in [1.165, 1.54) is 0 Å². The third-order valence-electron chi connectivity index (χ3n) is 4.73. The van der Waals surface area contributed by atoms with Crippen LogP contribution < -0.4 is 10.2 Å². The predicted octanol–water partition coefficient (Wildman–Crippen LogP) is 4.90. The van der Waals surface area contributed by atoms with Crippen LogP contribution in [0.4, 0.5) is 11.5 Å². The van der Waals surface area contributed by atoms with Crippen molar-refractivity contribution in [3.63, 3.8) is 0 Å². The van der Waals surface area contributed by atoms with Gasteiger partial charge in [0.25, 0.3) is 0 Å². The van der Waals surface area contributed by atoms with Crippen LogP contribution in [0.25, 0.3) is 11.5 Å². The first-order chi connectivity index (χ1) is 13.6. The Morgan fingerprint density at radius 3 is 2.82 bits per heavy atom. The second kappa shape index (κ2) is 8.20. The van der Waals surface area contributed by atoms with E-state index in [-0.39, 0.29) is 11.8 Å². The van der Waals surface area contributed by atoms with Crippen molar-refractivity contribution in [2.75, 3.05) is 23.3 Å². The lowest BCUT2D eigenvalue weighted by atomic mass is 9.97. The first-order valence-corrected chi connectivity index (χ1v) is 9.74. The van der Waals surface area contributed by atoms with E-state index < -0.39 is 0 Å². The minimum Gasteiger partial charge on any atom is -0.463 e. The van der Waals surface area contributed by atoms with Crippen molar-refractivity contribution in [3.8, 4) is 11.5 Å². The Balaban J connectivity index is 1.44. The average molecular weight is 417 g/mol. The fourth-order valence-corrected chi connectivity index (χ4v) is 3.61. The number of nitrogens with zero attached hydrogens (tertiary/aromatic N) is 3. The maximum Gasteiger partial charge on any atom is 0.229 e. The number of hydrogen-bond acceptors (Lipinski definition) is 5. The van der Waals surface area contributed by atoms with Gasteiger partial charge in [-0.2, -0.15) is 0 Å². The normalized spacial score (nSPS) is 16.8. The van der Waals surface area contributed by atoms with Gasteiger partial charge < -0.3 is 14.6 Å². The van der Waals surface area contributed by atoms with E-state index in [1.54, 1.807) is 24.5 Å². The molecule has 0 aliphatic carbocycles. The summed E-state index contributed by atoms with van der Waals surface area (Å²) in [5.74, 6) is 1.17. The zero-order chi connectivity index (χ0) is 19.5. The third-order valence-corrected chi connectivity index (χ3v) is 5.29. The van der Waals surface area contributed by atoms with E-state index in [9.17, 15) is 4.79 Å². The quantitative estimate of drug-likeness (QED) is 0.654. The number of piperidine rings is 1. The second-order valence-corrected chi connectivity index (χ2v) is 7.50. The zero-order valence-electron chi connectivity index (χ0n) is 14.9. The molecule has 3 aromatic rings. The van der Waals surface area contributed by atoms with Crippen LogP contribution >= 0.6 is 23.2 Å². The molecule has 0 spiro atoms. The highest BCUT2D eigenvalue weighted by atomic mass is 35.5. The van der Waals surface area contributed by atoms with Gasteiger partial charge in [0.15, 0.2) is 11.6 Å². The number of carbonyl (C=O) groups is 1. The van der Waals surface area contributed by atoms with Gasteiger partial charge in [-0.1, -0.05) is 23.2 Å². The van der Waals surface area contributed by atoms with Crippen LogP contribution in [0.3, 0.4) is 0 Å². The van der Waals surface area contributed by atoms with Crippen molar-refractivity contribution in [2.24, 2.45) is 5.92 Å². The minimum absolute atomic E-state index is 0.0750. The van der Waals surface area contributed by atoms with Gasteiger partial charge in [0.05, 0.1) is 22.9 Å². The van der Waals surface area contributed by atoms with Gasteiger partial charge in [0.1, 0.15) is 5.69 Å². The van der Waals surface area contributed by atoms with Gasteiger partial charge in [0.2, 0.25) is 5.91 Å². The summed E-state index contributed by atoms with van der Waals surface area (Å²) in [5, 5.41) is 12.4. The summed E-state index contributed by atoms with van der Waals surface area (Å²) in [6.07, 6.45) is 3.30. The van der Waals surface area contributed by atoms with E-state index in [4.69, 9.17) is 27.6 Å². The first kappa shape index (κ1) is 18.8. The second-order valence-electron chi connectivity index (χ2n) is 6.65. The molecular weight excluding hydrogens is 399 g/mol. The average Bonchev–Trinajstić information content (AvgIpc) is 3.26. The standard InChI is InChI=1S/C20H18Cl2N4O2/c21-14-5-6-15(22)17(11-14)23-20(27)13-3-1-9-26(12-13)19-8-7-16(24-25-19)18-4-2-10-28-18/h2,4-8,10-11,13H,1,3,9,12H2,(H,23,27). The molecule has 1 unspecified atom stereocenters. The lowest BCUT2D eigenvalue weighted by molar-refractivity contribution is -0.120. The number of anilines is 2. The molecule has 28 heavy (non-hydrogen) atoms. The smallest absolute Gasteiger partial charge is 0.229 e. The van der Waals surface area contributed by atoms with Gasteiger partial charge in [-0.25, -0.2) is 0 Å². The number of rotatable bonds is 4. The molecule has 2 aromatic heterocycles. The molecule has 1 aliphatic rings. The number of hydrogen-bond donors (Lipinski definition) is 1. The van der Waals surface area contributed by atoms with Gasteiger partial charge in [0, 0.05) is 18.1 Å². The Bertz CT molecular complexity index is 961. The summed E-state index contributed by atoms with van der Waals surface area (Å²) in [6.45, 7) is 1.40. The van der Waals surface area contributed by atoms with E-state index >= 15 is 0 Å². The van der Waals surface area contributed by atoms with Crippen LogP contribution in [0, 0.1) is 5.92 Å². The molecule has 1 atom stereocenters. The maximum atomic E-state index is 12.7. The fraction of sp³-hybridized carbons (Fsp3) is 0.250. The van der Waals surface area contributed by atoms with Gasteiger partial charge in [-0.05, 0) is 55.3 Å². The molecule has 1 N–H and O–H groups in total. The monoisotopic (exact) mass is 416 g/mol. The highest BCUT2D eigenvalue weighted by molar-refractivity contribution is 6.35.